The lowest BCUT2D eigenvalue weighted by molar-refractivity contribution is 0.150. The van der Waals surface area contributed by atoms with Crippen molar-refractivity contribution < 1.29 is 9.26 Å². The van der Waals surface area contributed by atoms with Crippen molar-refractivity contribution in [2.75, 3.05) is 13.2 Å². The molecule has 1 aliphatic rings. The van der Waals surface area contributed by atoms with E-state index in [-0.39, 0.29) is 6.04 Å². The molecule has 1 atom stereocenters. The average Bonchev–Trinajstić information content (AvgIpc) is 3.25. The molecule has 0 aliphatic carbocycles. The zero-order valence-electron chi connectivity index (χ0n) is 15.1. The Morgan fingerprint density at radius 3 is 3.00 bits per heavy atom. The van der Waals surface area contributed by atoms with Crippen LogP contribution in [0.15, 0.2) is 41.3 Å². The monoisotopic (exact) mass is 353 g/mol. The highest BCUT2D eigenvalue weighted by molar-refractivity contribution is 5.16. The molecule has 4 heterocycles. The summed E-state index contributed by atoms with van der Waals surface area (Å²) < 4.78 is 13.3. The fourth-order valence-corrected chi connectivity index (χ4v) is 3.43. The Kier molecular flexibility index (Phi) is 4.71. The van der Waals surface area contributed by atoms with E-state index in [2.05, 4.69) is 31.5 Å². The third-order valence-corrected chi connectivity index (χ3v) is 4.80. The van der Waals surface area contributed by atoms with E-state index in [9.17, 15) is 0 Å². The summed E-state index contributed by atoms with van der Waals surface area (Å²) in [6.45, 7) is 7.41. The molecule has 26 heavy (non-hydrogen) atoms. The molecule has 0 aromatic carbocycles. The summed E-state index contributed by atoms with van der Waals surface area (Å²) >= 11 is 0. The van der Waals surface area contributed by atoms with Gasteiger partial charge in [-0.3, -0.25) is 9.88 Å². The topological polar surface area (TPSA) is 69.2 Å². The van der Waals surface area contributed by atoms with Crippen LogP contribution in [0, 0.1) is 6.92 Å². The molecule has 1 aliphatic heterocycles. The lowest BCUT2D eigenvalue weighted by atomic mass is 10.2. The summed E-state index contributed by atoms with van der Waals surface area (Å²) in [6.07, 6.45) is 6.28. The van der Waals surface area contributed by atoms with Gasteiger partial charge in [0, 0.05) is 50.2 Å². The average molecular weight is 353 g/mol. The van der Waals surface area contributed by atoms with E-state index in [0.717, 1.165) is 49.1 Å². The smallest absolute Gasteiger partial charge is 0.137 e. The zero-order chi connectivity index (χ0) is 17.9. The van der Waals surface area contributed by atoms with Crippen LogP contribution in [0.3, 0.4) is 0 Å². The second kappa shape index (κ2) is 7.29. The van der Waals surface area contributed by atoms with Gasteiger partial charge in [-0.2, -0.15) is 0 Å². The fourth-order valence-electron chi connectivity index (χ4n) is 3.43. The SMILES string of the molecule is Cc1cc(CN2CCn3c(CCOc4cccnc4)cnc3[C@H]2C)no1. The van der Waals surface area contributed by atoms with Crippen LogP contribution in [0.5, 0.6) is 5.75 Å². The first-order valence-corrected chi connectivity index (χ1v) is 8.94. The van der Waals surface area contributed by atoms with Crippen molar-refractivity contribution in [2.24, 2.45) is 0 Å². The molecule has 7 nitrogen and oxygen atoms in total. The van der Waals surface area contributed by atoms with Crippen molar-refractivity contribution in [3.05, 3.63) is 59.8 Å². The summed E-state index contributed by atoms with van der Waals surface area (Å²) in [5.74, 6) is 2.75. The normalized spacial score (nSPS) is 17.2. The maximum atomic E-state index is 5.77. The molecule has 0 N–H and O–H groups in total. The van der Waals surface area contributed by atoms with Gasteiger partial charge in [-0.05, 0) is 26.0 Å². The summed E-state index contributed by atoms with van der Waals surface area (Å²) in [4.78, 5) is 11.1. The number of aryl methyl sites for hydroxylation is 1. The van der Waals surface area contributed by atoms with Crippen molar-refractivity contribution in [2.45, 2.75) is 39.4 Å². The number of nitrogens with zero attached hydrogens (tertiary/aromatic N) is 5. The lowest BCUT2D eigenvalue weighted by Gasteiger charge is -2.33. The van der Waals surface area contributed by atoms with E-state index in [4.69, 9.17) is 9.26 Å². The van der Waals surface area contributed by atoms with Crippen LogP contribution in [0.1, 0.15) is 35.9 Å². The molecule has 3 aromatic heterocycles. The predicted octanol–water partition coefficient (Wildman–Crippen LogP) is 2.77. The van der Waals surface area contributed by atoms with Crippen molar-refractivity contribution in [3.63, 3.8) is 0 Å². The van der Waals surface area contributed by atoms with E-state index in [1.54, 1.807) is 12.4 Å². The Labute approximate surface area is 152 Å². The van der Waals surface area contributed by atoms with Gasteiger partial charge in [0.1, 0.15) is 17.3 Å². The summed E-state index contributed by atoms with van der Waals surface area (Å²) in [5.41, 5.74) is 2.19. The number of aromatic nitrogens is 4. The number of pyridine rings is 1. The molecule has 4 rings (SSSR count). The van der Waals surface area contributed by atoms with Crippen LogP contribution in [-0.4, -0.2) is 37.7 Å². The minimum absolute atomic E-state index is 0.244. The zero-order valence-corrected chi connectivity index (χ0v) is 15.1. The first kappa shape index (κ1) is 16.8. The number of ether oxygens (including phenoxy) is 1. The third-order valence-electron chi connectivity index (χ3n) is 4.80. The Morgan fingerprint density at radius 2 is 2.23 bits per heavy atom. The van der Waals surface area contributed by atoms with E-state index >= 15 is 0 Å². The Bertz CT molecular complexity index is 858. The second-order valence-electron chi connectivity index (χ2n) is 6.62. The third kappa shape index (κ3) is 3.48. The van der Waals surface area contributed by atoms with E-state index in [0.29, 0.717) is 6.61 Å². The van der Waals surface area contributed by atoms with Crippen LogP contribution in [-0.2, 0) is 19.5 Å². The highest BCUT2D eigenvalue weighted by Crippen LogP contribution is 2.27. The highest BCUT2D eigenvalue weighted by Gasteiger charge is 2.27. The molecule has 0 unspecified atom stereocenters. The van der Waals surface area contributed by atoms with Gasteiger partial charge in [0.15, 0.2) is 0 Å². The van der Waals surface area contributed by atoms with Crippen LogP contribution >= 0.6 is 0 Å². The summed E-state index contributed by atoms with van der Waals surface area (Å²) in [5, 5.41) is 4.11. The molecule has 0 saturated heterocycles. The van der Waals surface area contributed by atoms with Crippen molar-refractivity contribution in [3.8, 4) is 5.75 Å². The van der Waals surface area contributed by atoms with Gasteiger partial charge in [0.25, 0.3) is 0 Å². The van der Waals surface area contributed by atoms with Crippen molar-refractivity contribution in [1.82, 2.24) is 24.6 Å². The first-order valence-electron chi connectivity index (χ1n) is 8.94. The van der Waals surface area contributed by atoms with Gasteiger partial charge in [0.2, 0.25) is 0 Å². The minimum Gasteiger partial charge on any atom is -0.492 e. The Balaban J connectivity index is 1.39. The lowest BCUT2D eigenvalue weighted by Crippen LogP contribution is -2.37. The Morgan fingerprint density at radius 1 is 1.31 bits per heavy atom. The van der Waals surface area contributed by atoms with Gasteiger partial charge >= 0.3 is 0 Å². The number of hydrogen-bond donors (Lipinski definition) is 0. The van der Waals surface area contributed by atoms with Crippen LogP contribution in [0.25, 0.3) is 0 Å². The number of rotatable bonds is 6. The standard InChI is InChI=1S/C19H23N5O2/c1-14-10-16(22-26-14)13-23-7-8-24-17(11-21-19(24)15(23)2)5-9-25-18-4-3-6-20-12-18/h3-4,6,10-12,15H,5,7-9,13H2,1-2H3/t15-/m1/s1. The van der Waals surface area contributed by atoms with Gasteiger partial charge in [0.05, 0.1) is 24.5 Å². The molecular weight excluding hydrogens is 330 g/mol. The highest BCUT2D eigenvalue weighted by atomic mass is 16.5. The van der Waals surface area contributed by atoms with Gasteiger partial charge in [-0.1, -0.05) is 5.16 Å². The van der Waals surface area contributed by atoms with E-state index < -0.39 is 0 Å². The van der Waals surface area contributed by atoms with Crippen LogP contribution in [0.4, 0.5) is 0 Å². The van der Waals surface area contributed by atoms with E-state index in [1.807, 2.05) is 31.3 Å². The number of imidazole rings is 1. The molecule has 7 heteroatoms. The molecule has 0 saturated carbocycles. The fraction of sp³-hybridized carbons (Fsp3) is 0.421. The van der Waals surface area contributed by atoms with Gasteiger partial charge < -0.3 is 13.8 Å². The number of fused-ring (bicyclic) bond motifs is 1. The Hall–Kier alpha value is -2.67. The molecule has 0 radical (unpaired) electrons. The predicted molar refractivity (Wildman–Crippen MR) is 95.7 cm³/mol. The quantitative estimate of drug-likeness (QED) is 0.679. The molecule has 0 spiro atoms. The molecule has 3 aromatic rings. The molecular formula is C19H23N5O2. The second-order valence-corrected chi connectivity index (χ2v) is 6.62. The van der Waals surface area contributed by atoms with Crippen molar-refractivity contribution in [1.29, 1.82) is 0 Å². The molecule has 0 bridgehead atoms. The minimum atomic E-state index is 0.244. The van der Waals surface area contributed by atoms with E-state index in [1.165, 1.54) is 5.69 Å². The van der Waals surface area contributed by atoms with Crippen LogP contribution in [0.2, 0.25) is 0 Å². The van der Waals surface area contributed by atoms with Gasteiger partial charge in [-0.25, -0.2) is 4.98 Å². The molecule has 136 valence electrons. The number of hydrogen-bond acceptors (Lipinski definition) is 6. The first-order chi connectivity index (χ1) is 12.7. The molecule has 0 fully saturated rings. The largest absolute Gasteiger partial charge is 0.492 e. The maximum absolute atomic E-state index is 5.77. The summed E-state index contributed by atoms with van der Waals surface area (Å²) in [7, 11) is 0. The maximum Gasteiger partial charge on any atom is 0.137 e. The molecule has 0 amide bonds. The summed E-state index contributed by atoms with van der Waals surface area (Å²) in [6, 6.07) is 6.04. The van der Waals surface area contributed by atoms with Crippen molar-refractivity contribution >= 4 is 0 Å². The van der Waals surface area contributed by atoms with Crippen LogP contribution < -0.4 is 4.74 Å². The van der Waals surface area contributed by atoms with Gasteiger partial charge in [-0.15, -0.1) is 0 Å².